The van der Waals surface area contributed by atoms with Crippen LogP contribution in [0.2, 0.25) is 0 Å². The summed E-state index contributed by atoms with van der Waals surface area (Å²) in [6, 6.07) is -2.08. The molecule has 0 aliphatic heterocycles. The Kier molecular flexibility index (Phi) is 8.92. The Hall–Kier alpha value is -1.32. The summed E-state index contributed by atoms with van der Waals surface area (Å²) in [5.41, 5.74) is 5.57. The topological polar surface area (TPSA) is 142 Å². The van der Waals surface area contributed by atoms with Crippen molar-refractivity contribution in [3.63, 3.8) is 0 Å². The second kappa shape index (κ2) is 9.59. The number of nitrogens with two attached hydrogens (primary N) is 1. The third-order valence-corrected chi connectivity index (χ3v) is 2.85. The molecule has 0 heterocycles. The maximum absolute atomic E-state index is 11.5. The van der Waals surface area contributed by atoms with Gasteiger partial charge < -0.3 is 26.6 Å². The van der Waals surface area contributed by atoms with Gasteiger partial charge in [-0.3, -0.25) is 9.59 Å². The van der Waals surface area contributed by atoms with E-state index in [4.69, 9.17) is 15.9 Å². The van der Waals surface area contributed by atoms with Crippen LogP contribution in [0.15, 0.2) is 0 Å². The van der Waals surface area contributed by atoms with Gasteiger partial charge in [-0.1, -0.05) is 0 Å². The summed E-state index contributed by atoms with van der Waals surface area (Å²) in [5, 5.41) is 21.7. The number of aliphatic hydroxyl groups excluding tert-OH is 1. The van der Waals surface area contributed by atoms with Crippen LogP contribution in [0.4, 0.5) is 0 Å². The van der Waals surface area contributed by atoms with E-state index in [0.29, 0.717) is 6.42 Å². The summed E-state index contributed by atoms with van der Waals surface area (Å²) < 4.78 is 0. The molecule has 0 aromatic carbocycles. The number of hydrogen-bond donors (Lipinski definition) is 5. The Morgan fingerprint density at radius 1 is 1.37 bits per heavy atom. The molecule has 2 amide bonds. The molecule has 0 aliphatic carbocycles. The van der Waals surface area contributed by atoms with Crippen molar-refractivity contribution in [3.05, 3.63) is 0 Å². The highest BCUT2D eigenvalue weighted by Gasteiger charge is 2.19. The molecule has 2 atom stereocenters. The van der Waals surface area contributed by atoms with E-state index in [-0.39, 0.29) is 6.54 Å². The fourth-order valence-corrected chi connectivity index (χ4v) is 1.59. The highest BCUT2D eigenvalue weighted by molar-refractivity contribution is 7.98. The van der Waals surface area contributed by atoms with Gasteiger partial charge in [0, 0.05) is 0 Å². The molecular weight excluding hydrogens is 274 g/mol. The van der Waals surface area contributed by atoms with E-state index in [2.05, 4.69) is 10.6 Å². The minimum absolute atomic E-state index is 0.379. The molecule has 19 heavy (non-hydrogen) atoms. The van der Waals surface area contributed by atoms with Crippen LogP contribution < -0.4 is 16.4 Å². The highest BCUT2D eigenvalue weighted by Crippen LogP contribution is 1.98. The van der Waals surface area contributed by atoms with E-state index in [1.807, 2.05) is 6.26 Å². The predicted octanol–water partition coefficient (Wildman–Crippen LogP) is -2.26. The van der Waals surface area contributed by atoms with Crippen LogP contribution in [0.5, 0.6) is 0 Å². The molecule has 6 N–H and O–H groups in total. The quantitative estimate of drug-likeness (QED) is 0.323. The summed E-state index contributed by atoms with van der Waals surface area (Å²) in [5.74, 6) is -1.79. The summed E-state index contributed by atoms with van der Waals surface area (Å²) in [7, 11) is 0. The fourth-order valence-electron chi connectivity index (χ4n) is 1.11. The van der Waals surface area contributed by atoms with E-state index in [1.54, 1.807) is 11.8 Å². The minimum atomic E-state index is -1.38. The molecule has 0 radical (unpaired) electrons. The van der Waals surface area contributed by atoms with Gasteiger partial charge in [0.2, 0.25) is 11.8 Å². The molecule has 0 aromatic heterocycles. The fraction of sp³-hybridized carbons (Fsp3) is 0.700. The van der Waals surface area contributed by atoms with Crippen molar-refractivity contribution in [1.29, 1.82) is 0 Å². The van der Waals surface area contributed by atoms with Gasteiger partial charge in [-0.15, -0.1) is 0 Å². The second-order valence-electron chi connectivity index (χ2n) is 3.75. The maximum Gasteiger partial charge on any atom is 0.328 e. The van der Waals surface area contributed by atoms with Crippen LogP contribution in [0.25, 0.3) is 0 Å². The molecule has 0 rings (SSSR count). The van der Waals surface area contributed by atoms with Crippen molar-refractivity contribution in [3.8, 4) is 0 Å². The van der Waals surface area contributed by atoms with Crippen molar-refractivity contribution >= 4 is 29.5 Å². The Labute approximate surface area is 115 Å². The lowest BCUT2D eigenvalue weighted by Gasteiger charge is -2.14. The smallest absolute Gasteiger partial charge is 0.328 e. The summed E-state index contributed by atoms with van der Waals surface area (Å²) in [6.45, 7) is -1.10. The normalized spacial score (nSPS) is 13.4. The lowest BCUT2D eigenvalue weighted by atomic mass is 10.2. The third kappa shape index (κ3) is 7.65. The molecule has 110 valence electrons. The van der Waals surface area contributed by atoms with Crippen molar-refractivity contribution < 1.29 is 24.6 Å². The lowest BCUT2D eigenvalue weighted by Crippen LogP contribution is -2.49. The zero-order valence-corrected chi connectivity index (χ0v) is 11.4. The summed E-state index contributed by atoms with van der Waals surface area (Å²) in [4.78, 5) is 33.3. The molecule has 0 spiro atoms. The molecule has 9 heteroatoms. The van der Waals surface area contributed by atoms with Crippen LogP contribution in [0.1, 0.15) is 6.42 Å². The summed E-state index contributed by atoms with van der Waals surface area (Å²) >= 11 is 1.55. The minimum Gasteiger partial charge on any atom is -0.480 e. The van der Waals surface area contributed by atoms with E-state index in [1.165, 1.54) is 0 Å². The molecular formula is C10H19N3O5S. The molecule has 0 saturated heterocycles. The van der Waals surface area contributed by atoms with E-state index >= 15 is 0 Å². The molecule has 0 aliphatic rings. The van der Waals surface area contributed by atoms with Crippen molar-refractivity contribution in [2.24, 2.45) is 5.73 Å². The molecule has 8 nitrogen and oxygen atoms in total. The van der Waals surface area contributed by atoms with Gasteiger partial charge in [-0.2, -0.15) is 11.8 Å². The number of amides is 2. The lowest BCUT2D eigenvalue weighted by molar-refractivity contribution is -0.142. The van der Waals surface area contributed by atoms with Crippen LogP contribution in [0.3, 0.4) is 0 Å². The number of carbonyl (C=O) groups is 3. The van der Waals surface area contributed by atoms with E-state index in [9.17, 15) is 14.4 Å². The molecule has 0 aromatic rings. The SMILES string of the molecule is CSCCC(N)C(=O)NCC(=O)NC(CO)C(=O)O. The van der Waals surface area contributed by atoms with Crippen molar-refractivity contribution in [1.82, 2.24) is 10.6 Å². The standard InChI is InChI=1S/C10H19N3O5S/c1-19-3-2-6(11)9(16)12-4-8(15)13-7(5-14)10(17)18/h6-7,14H,2-5,11H2,1H3,(H,12,16)(H,13,15)(H,17,18). The van der Waals surface area contributed by atoms with Crippen LogP contribution in [0, 0.1) is 0 Å². The highest BCUT2D eigenvalue weighted by atomic mass is 32.2. The number of hydrogen-bond acceptors (Lipinski definition) is 6. The number of aliphatic carboxylic acids is 1. The number of nitrogens with one attached hydrogen (secondary N) is 2. The third-order valence-electron chi connectivity index (χ3n) is 2.21. The molecule has 0 bridgehead atoms. The van der Waals surface area contributed by atoms with Gasteiger partial charge in [0.15, 0.2) is 0 Å². The molecule has 0 saturated carbocycles. The van der Waals surface area contributed by atoms with Gasteiger partial charge in [0.1, 0.15) is 6.04 Å². The first kappa shape index (κ1) is 17.7. The largest absolute Gasteiger partial charge is 0.480 e. The first-order valence-electron chi connectivity index (χ1n) is 5.57. The predicted molar refractivity (Wildman–Crippen MR) is 70.6 cm³/mol. The number of aliphatic hydroxyl groups is 1. The second-order valence-corrected chi connectivity index (χ2v) is 4.73. The zero-order valence-electron chi connectivity index (χ0n) is 10.6. The van der Waals surface area contributed by atoms with Gasteiger partial charge >= 0.3 is 5.97 Å². The maximum atomic E-state index is 11.5. The number of carbonyl (C=O) groups excluding carboxylic acids is 2. The number of thioether (sulfide) groups is 1. The Morgan fingerprint density at radius 2 is 2.00 bits per heavy atom. The first-order chi connectivity index (χ1) is 8.92. The molecule has 2 unspecified atom stereocenters. The van der Waals surface area contributed by atoms with Gasteiger partial charge in [0.25, 0.3) is 0 Å². The van der Waals surface area contributed by atoms with Crippen molar-refractivity contribution in [2.75, 3.05) is 25.2 Å². The zero-order chi connectivity index (χ0) is 14.8. The first-order valence-corrected chi connectivity index (χ1v) is 6.97. The van der Waals surface area contributed by atoms with E-state index in [0.717, 1.165) is 5.75 Å². The van der Waals surface area contributed by atoms with Gasteiger partial charge in [0.05, 0.1) is 19.2 Å². The van der Waals surface area contributed by atoms with Gasteiger partial charge in [-0.05, 0) is 18.4 Å². The number of rotatable bonds is 9. The van der Waals surface area contributed by atoms with Crippen molar-refractivity contribution in [2.45, 2.75) is 18.5 Å². The molecule has 0 fully saturated rings. The Balaban J connectivity index is 4.01. The Morgan fingerprint density at radius 3 is 2.47 bits per heavy atom. The monoisotopic (exact) mass is 293 g/mol. The van der Waals surface area contributed by atoms with Crippen LogP contribution >= 0.6 is 11.8 Å². The number of carboxylic acid groups (broad SMARTS) is 1. The van der Waals surface area contributed by atoms with E-state index < -0.39 is 36.5 Å². The van der Waals surface area contributed by atoms with Gasteiger partial charge in [-0.25, -0.2) is 4.79 Å². The average molecular weight is 293 g/mol. The number of carboxylic acids is 1. The van der Waals surface area contributed by atoms with Crippen LogP contribution in [-0.2, 0) is 14.4 Å². The van der Waals surface area contributed by atoms with Crippen LogP contribution in [-0.4, -0.2) is 65.2 Å². The average Bonchev–Trinajstić information content (AvgIpc) is 2.38. The summed E-state index contributed by atoms with van der Waals surface area (Å²) in [6.07, 6.45) is 2.38. The Bertz CT molecular complexity index is 326.